The van der Waals surface area contributed by atoms with Crippen LogP contribution in [0.5, 0.6) is 0 Å². The second-order valence-corrected chi connectivity index (χ2v) is 4.46. The summed E-state index contributed by atoms with van der Waals surface area (Å²) >= 11 is 0. The second-order valence-electron chi connectivity index (χ2n) is 4.46. The SMILES string of the molecule is CCCCN(CCO)C(C)c1cccc(N)c1. The van der Waals surface area contributed by atoms with E-state index in [0.29, 0.717) is 6.04 Å². The third kappa shape index (κ3) is 4.36. The molecule has 3 N–H and O–H groups in total. The first-order valence-corrected chi connectivity index (χ1v) is 6.39. The summed E-state index contributed by atoms with van der Waals surface area (Å²) in [5.74, 6) is 0. The maximum Gasteiger partial charge on any atom is 0.0558 e. The van der Waals surface area contributed by atoms with Gasteiger partial charge in [-0.1, -0.05) is 25.5 Å². The van der Waals surface area contributed by atoms with Crippen molar-refractivity contribution in [2.75, 3.05) is 25.4 Å². The van der Waals surface area contributed by atoms with Gasteiger partial charge in [-0.25, -0.2) is 0 Å². The molecule has 0 radical (unpaired) electrons. The number of aliphatic hydroxyl groups is 1. The molecular weight excluding hydrogens is 212 g/mol. The molecule has 0 amide bonds. The lowest BCUT2D eigenvalue weighted by atomic mass is 10.1. The Hall–Kier alpha value is -1.06. The highest BCUT2D eigenvalue weighted by Crippen LogP contribution is 2.22. The topological polar surface area (TPSA) is 49.5 Å². The highest BCUT2D eigenvalue weighted by atomic mass is 16.3. The van der Waals surface area contributed by atoms with Crippen molar-refractivity contribution in [3.8, 4) is 0 Å². The Morgan fingerprint density at radius 1 is 1.35 bits per heavy atom. The molecule has 3 nitrogen and oxygen atoms in total. The summed E-state index contributed by atoms with van der Waals surface area (Å²) in [5.41, 5.74) is 7.82. The van der Waals surface area contributed by atoms with Crippen LogP contribution in [0.1, 0.15) is 38.3 Å². The normalized spacial score (nSPS) is 12.9. The summed E-state index contributed by atoms with van der Waals surface area (Å²) in [6, 6.07) is 8.30. The molecule has 0 saturated heterocycles. The van der Waals surface area contributed by atoms with Crippen LogP contribution in [0.2, 0.25) is 0 Å². The van der Waals surface area contributed by atoms with Crippen molar-refractivity contribution >= 4 is 5.69 Å². The number of benzene rings is 1. The van der Waals surface area contributed by atoms with Gasteiger partial charge in [0.2, 0.25) is 0 Å². The molecule has 0 saturated carbocycles. The zero-order valence-corrected chi connectivity index (χ0v) is 10.9. The van der Waals surface area contributed by atoms with Crippen LogP contribution in [-0.4, -0.2) is 29.7 Å². The predicted molar refractivity (Wildman–Crippen MR) is 72.8 cm³/mol. The van der Waals surface area contributed by atoms with Gasteiger partial charge in [-0.3, -0.25) is 4.90 Å². The van der Waals surface area contributed by atoms with Crippen LogP contribution in [-0.2, 0) is 0 Å². The maximum absolute atomic E-state index is 9.12. The smallest absolute Gasteiger partial charge is 0.0558 e. The Bertz CT molecular complexity index is 328. The molecule has 96 valence electrons. The predicted octanol–water partition coefficient (Wildman–Crippen LogP) is 2.42. The third-order valence-electron chi connectivity index (χ3n) is 3.13. The van der Waals surface area contributed by atoms with Crippen molar-refractivity contribution in [2.45, 2.75) is 32.7 Å². The zero-order chi connectivity index (χ0) is 12.7. The fourth-order valence-electron chi connectivity index (χ4n) is 2.02. The molecule has 1 aromatic rings. The Labute approximate surface area is 104 Å². The Balaban J connectivity index is 2.72. The third-order valence-corrected chi connectivity index (χ3v) is 3.13. The largest absolute Gasteiger partial charge is 0.399 e. The van der Waals surface area contributed by atoms with Crippen LogP contribution in [0.25, 0.3) is 0 Å². The standard InChI is InChI=1S/C14H24N2O/c1-3-4-8-16(9-10-17)12(2)13-6-5-7-14(15)11-13/h5-7,11-12,17H,3-4,8-10,15H2,1-2H3. The van der Waals surface area contributed by atoms with Gasteiger partial charge in [0.25, 0.3) is 0 Å². The molecule has 3 heteroatoms. The molecule has 0 aromatic heterocycles. The minimum Gasteiger partial charge on any atom is -0.399 e. The van der Waals surface area contributed by atoms with E-state index in [1.807, 2.05) is 18.2 Å². The van der Waals surface area contributed by atoms with E-state index in [1.54, 1.807) is 0 Å². The maximum atomic E-state index is 9.12. The van der Waals surface area contributed by atoms with Crippen molar-refractivity contribution < 1.29 is 5.11 Å². The molecule has 0 aliphatic carbocycles. The number of hydrogen-bond donors (Lipinski definition) is 2. The molecule has 1 aromatic carbocycles. The molecule has 0 heterocycles. The van der Waals surface area contributed by atoms with Crippen LogP contribution in [0, 0.1) is 0 Å². The number of unbranched alkanes of at least 4 members (excludes halogenated alkanes) is 1. The Morgan fingerprint density at radius 3 is 2.71 bits per heavy atom. The van der Waals surface area contributed by atoms with Crippen LogP contribution in [0.4, 0.5) is 5.69 Å². The summed E-state index contributed by atoms with van der Waals surface area (Å²) in [4.78, 5) is 2.30. The molecule has 1 unspecified atom stereocenters. The summed E-state index contributed by atoms with van der Waals surface area (Å²) in [6.45, 7) is 6.29. The number of anilines is 1. The fraction of sp³-hybridized carbons (Fsp3) is 0.571. The fourth-order valence-corrected chi connectivity index (χ4v) is 2.02. The van der Waals surface area contributed by atoms with Crippen LogP contribution in [0.15, 0.2) is 24.3 Å². The van der Waals surface area contributed by atoms with Gasteiger partial charge in [0.15, 0.2) is 0 Å². The average Bonchev–Trinajstić information content (AvgIpc) is 2.33. The first-order valence-electron chi connectivity index (χ1n) is 6.39. The van der Waals surface area contributed by atoms with Crippen molar-refractivity contribution in [2.24, 2.45) is 0 Å². The number of nitrogen functional groups attached to an aromatic ring is 1. The van der Waals surface area contributed by atoms with E-state index in [2.05, 4.69) is 24.8 Å². The Morgan fingerprint density at radius 2 is 2.12 bits per heavy atom. The van der Waals surface area contributed by atoms with Crippen molar-refractivity contribution in [1.29, 1.82) is 0 Å². The van der Waals surface area contributed by atoms with E-state index in [9.17, 15) is 0 Å². The van der Waals surface area contributed by atoms with E-state index < -0.39 is 0 Å². The van der Waals surface area contributed by atoms with Gasteiger partial charge in [0.1, 0.15) is 0 Å². The van der Waals surface area contributed by atoms with Gasteiger partial charge in [-0.2, -0.15) is 0 Å². The quantitative estimate of drug-likeness (QED) is 0.715. The number of nitrogens with zero attached hydrogens (tertiary/aromatic N) is 1. The van der Waals surface area contributed by atoms with E-state index in [-0.39, 0.29) is 6.61 Å². The van der Waals surface area contributed by atoms with Crippen molar-refractivity contribution in [3.05, 3.63) is 29.8 Å². The second kappa shape index (κ2) is 7.30. The van der Waals surface area contributed by atoms with Crippen LogP contribution in [0.3, 0.4) is 0 Å². The molecule has 17 heavy (non-hydrogen) atoms. The molecule has 0 aliphatic heterocycles. The minimum atomic E-state index is 0.205. The molecule has 0 bridgehead atoms. The van der Waals surface area contributed by atoms with Gasteiger partial charge in [0, 0.05) is 18.3 Å². The lowest BCUT2D eigenvalue weighted by Gasteiger charge is -2.28. The number of hydrogen-bond acceptors (Lipinski definition) is 3. The van der Waals surface area contributed by atoms with E-state index in [4.69, 9.17) is 10.8 Å². The minimum absolute atomic E-state index is 0.205. The van der Waals surface area contributed by atoms with Gasteiger partial charge in [-0.15, -0.1) is 0 Å². The van der Waals surface area contributed by atoms with Gasteiger partial charge >= 0.3 is 0 Å². The molecule has 0 fully saturated rings. The zero-order valence-electron chi connectivity index (χ0n) is 10.9. The van der Waals surface area contributed by atoms with Gasteiger partial charge in [0.05, 0.1) is 6.61 Å². The molecular formula is C14H24N2O. The Kier molecular flexibility index (Phi) is 6.01. The first-order chi connectivity index (χ1) is 8.19. The average molecular weight is 236 g/mol. The van der Waals surface area contributed by atoms with Crippen LogP contribution < -0.4 is 5.73 Å². The highest BCUT2D eigenvalue weighted by molar-refractivity contribution is 5.41. The summed E-state index contributed by atoms with van der Waals surface area (Å²) in [6.07, 6.45) is 2.33. The van der Waals surface area contributed by atoms with E-state index in [1.165, 1.54) is 12.0 Å². The molecule has 0 spiro atoms. The van der Waals surface area contributed by atoms with Gasteiger partial charge < -0.3 is 10.8 Å². The molecule has 1 rings (SSSR count). The lowest BCUT2D eigenvalue weighted by Crippen LogP contribution is -2.31. The summed E-state index contributed by atoms with van der Waals surface area (Å²) in [5, 5.41) is 9.12. The summed E-state index contributed by atoms with van der Waals surface area (Å²) in [7, 11) is 0. The monoisotopic (exact) mass is 236 g/mol. The number of rotatable bonds is 7. The molecule has 1 atom stereocenters. The number of aliphatic hydroxyl groups excluding tert-OH is 1. The lowest BCUT2D eigenvalue weighted by molar-refractivity contribution is 0.156. The highest BCUT2D eigenvalue weighted by Gasteiger charge is 2.14. The van der Waals surface area contributed by atoms with E-state index >= 15 is 0 Å². The van der Waals surface area contributed by atoms with Crippen molar-refractivity contribution in [3.63, 3.8) is 0 Å². The van der Waals surface area contributed by atoms with Gasteiger partial charge in [-0.05, 0) is 37.6 Å². The number of nitrogens with two attached hydrogens (primary N) is 1. The molecule has 0 aliphatic rings. The first kappa shape index (κ1) is 14.0. The van der Waals surface area contributed by atoms with Crippen molar-refractivity contribution in [1.82, 2.24) is 4.90 Å². The van der Waals surface area contributed by atoms with Crippen LogP contribution >= 0.6 is 0 Å². The van der Waals surface area contributed by atoms with E-state index in [0.717, 1.165) is 25.2 Å². The summed E-state index contributed by atoms with van der Waals surface area (Å²) < 4.78 is 0.